The smallest absolute Gasteiger partial charge is 0.228 e. The van der Waals surface area contributed by atoms with E-state index in [1.165, 1.54) is 0 Å². The van der Waals surface area contributed by atoms with Crippen molar-refractivity contribution in [2.45, 2.75) is 6.42 Å². The number of rotatable bonds is 4. The van der Waals surface area contributed by atoms with Gasteiger partial charge in [0.25, 0.3) is 0 Å². The molecule has 0 saturated carbocycles. The molecule has 3 N–H and O–H groups in total. The third-order valence-corrected chi connectivity index (χ3v) is 2.74. The van der Waals surface area contributed by atoms with E-state index < -0.39 is 0 Å². The lowest BCUT2D eigenvalue weighted by molar-refractivity contribution is -0.115. The van der Waals surface area contributed by atoms with E-state index in [1.54, 1.807) is 25.3 Å². The summed E-state index contributed by atoms with van der Waals surface area (Å²) in [6.45, 7) is 0. The lowest BCUT2D eigenvalue weighted by Crippen LogP contribution is -2.15. The van der Waals surface area contributed by atoms with E-state index in [-0.39, 0.29) is 5.91 Å². The van der Waals surface area contributed by atoms with Gasteiger partial charge >= 0.3 is 0 Å². The number of carbonyl (C=O) groups is 1. The summed E-state index contributed by atoms with van der Waals surface area (Å²) in [5.41, 5.74) is 7.89. The quantitative estimate of drug-likeness (QED) is 0.826. The van der Waals surface area contributed by atoms with Crippen molar-refractivity contribution >= 4 is 17.3 Å². The first-order valence-electron chi connectivity index (χ1n) is 5.96. The Morgan fingerprint density at radius 2 is 1.95 bits per heavy atom. The minimum atomic E-state index is -0.0944. The van der Waals surface area contributed by atoms with Gasteiger partial charge in [0.1, 0.15) is 5.75 Å². The van der Waals surface area contributed by atoms with Crippen molar-refractivity contribution in [3.05, 3.63) is 54.1 Å². The first kappa shape index (κ1) is 13.0. The van der Waals surface area contributed by atoms with E-state index in [1.807, 2.05) is 30.3 Å². The molecule has 4 heteroatoms. The Kier molecular flexibility index (Phi) is 4.03. The van der Waals surface area contributed by atoms with Crippen molar-refractivity contribution in [2.24, 2.45) is 0 Å². The van der Waals surface area contributed by atoms with Gasteiger partial charge in [-0.1, -0.05) is 30.3 Å². The van der Waals surface area contributed by atoms with Gasteiger partial charge in [0.15, 0.2) is 0 Å². The van der Waals surface area contributed by atoms with Crippen LogP contribution in [0, 0.1) is 0 Å². The SMILES string of the molecule is COc1ccc(NC(=O)Cc2ccccc2)c(N)c1. The molecule has 2 aromatic rings. The predicted octanol–water partition coefficient (Wildman–Crippen LogP) is 2.46. The second-order valence-corrected chi connectivity index (χ2v) is 4.16. The Hall–Kier alpha value is -2.49. The summed E-state index contributed by atoms with van der Waals surface area (Å²) in [6, 6.07) is 14.7. The average molecular weight is 256 g/mol. The number of anilines is 2. The van der Waals surface area contributed by atoms with Gasteiger partial charge in [-0.2, -0.15) is 0 Å². The minimum absolute atomic E-state index is 0.0944. The van der Waals surface area contributed by atoms with Crippen molar-refractivity contribution in [3.63, 3.8) is 0 Å². The summed E-state index contributed by atoms with van der Waals surface area (Å²) in [4.78, 5) is 11.9. The van der Waals surface area contributed by atoms with Crippen molar-refractivity contribution in [1.29, 1.82) is 0 Å². The Balaban J connectivity index is 2.03. The molecule has 2 rings (SSSR count). The summed E-state index contributed by atoms with van der Waals surface area (Å²) in [5.74, 6) is 0.571. The summed E-state index contributed by atoms with van der Waals surface area (Å²) in [5, 5.41) is 2.79. The van der Waals surface area contributed by atoms with Crippen LogP contribution in [0.4, 0.5) is 11.4 Å². The van der Waals surface area contributed by atoms with Crippen LogP contribution in [0.15, 0.2) is 48.5 Å². The molecular formula is C15H16N2O2. The molecule has 19 heavy (non-hydrogen) atoms. The molecule has 0 aliphatic heterocycles. The van der Waals surface area contributed by atoms with Crippen LogP contribution in [0.1, 0.15) is 5.56 Å². The highest BCUT2D eigenvalue weighted by molar-refractivity contribution is 5.95. The molecule has 98 valence electrons. The first-order chi connectivity index (χ1) is 9.19. The second kappa shape index (κ2) is 5.91. The molecule has 0 aliphatic rings. The zero-order valence-electron chi connectivity index (χ0n) is 10.7. The van der Waals surface area contributed by atoms with Gasteiger partial charge in [-0.15, -0.1) is 0 Å². The maximum absolute atomic E-state index is 11.9. The maximum Gasteiger partial charge on any atom is 0.228 e. The fraction of sp³-hybridized carbons (Fsp3) is 0.133. The van der Waals surface area contributed by atoms with Crippen LogP contribution in [0.3, 0.4) is 0 Å². The molecule has 1 amide bonds. The number of hydrogen-bond donors (Lipinski definition) is 2. The Labute approximate surface area is 112 Å². The molecule has 0 atom stereocenters. The fourth-order valence-electron chi connectivity index (χ4n) is 1.76. The average Bonchev–Trinajstić information content (AvgIpc) is 2.42. The lowest BCUT2D eigenvalue weighted by Gasteiger charge is -2.09. The molecule has 4 nitrogen and oxygen atoms in total. The summed E-state index contributed by atoms with van der Waals surface area (Å²) < 4.78 is 5.06. The normalized spacial score (nSPS) is 9.95. The fourth-order valence-corrected chi connectivity index (χ4v) is 1.76. The van der Waals surface area contributed by atoms with E-state index in [4.69, 9.17) is 10.5 Å². The zero-order chi connectivity index (χ0) is 13.7. The second-order valence-electron chi connectivity index (χ2n) is 4.16. The molecule has 0 heterocycles. The van der Waals surface area contributed by atoms with Crippen LogP contribution < -0.4 is 15.8 Å². The topological polar surface area (TPSA) is 64.3 Å². The maximum atomic E-state index is 11.9. The highest BCUT2D eigenvalue weighted by Gasteiger charge is 2.07. The van der Waals surface area contributed by atoms with Gasteiger partial charge in [0, 0.05) is 6.07 Å². The Morgan fingerprint density at radius 3 is 2.58 bits per heavy atom. The molecule has 0 aromatic heterocycles. The molecule has 0 radical (unpaired) electrons. The summed E-state index contributed by atoms with van der Waals surface area (Å²) in [7, 11) is 1.57. The van der Waals surface area contributed by atoms with Crippen LogP contribution in [-0.2, 0) is 11.2 Å². The number of amides is 1. The van der Waals surface area contributed by atoms with Gasteiger partial charge in [0.05, 0.1) is 24.9 Å². The summed E-state index contributed by atoms with van der Waals surface area (Å²) in [6.07, 6.45) is 0.326. The number of nitrogens with one attached hydrogen (secondary N) is 1. The van der Waals surface area contributed by atoms with Gasteiger partial charge in [-0.3, -0.25) is 4.79 Å². The highest BCUT2D eigenvalue weighted by atomic mass is 16.5. The molecule has 0 saturated heterocycles. The van der Waals surface area contributed by atoms with E-state index in [0.29, 0.717) is 23.5 Å². The van der Waals surface area contributed by atoms with Crippen molar-refractivity contribution < 1.29 is 9.53 Å². The number of ether oxygens (including phenoxy) is 1. The van der Waals surface area contributed by atoms with Crippen molar-refractivity contribution in [1.82, 2.24) is 0 Å². The number of nitrogen functional groups attached to an aromatic ring is 1. The van der Waals surface area contributed by atoms with E-state index >= 15 is 0 Å². The number of carbonyl (C=O) groups excluding carboxylic acids is 1. The minimum Gasteiger partial charge on any atom is -0.497 e. The standard InChI is InChI=1S/C15H16N2O2/c1-19-12-7-8-14(13(16)10-12)17-15(18)9-11-5-3-2-4-6-11/h2-8,10H,9,16H2,1H3,(H,17,18). The number of hydrogen-bond acceptors (Lipinski definition) is 3. The molecule has 2 aromatic carbocycles. The molecule has 0 unspecified atom stereocenters. The van der Waals surface area contributed by atoms with Crippen LogP contribution in [-0.4, -0.2) is 13.0 Å². The van der Waals surface area contributed by atoms with Crippen LogP contribution in [0.5, 0.6) is 5.75 Å². The lowest BCUT2D eigenvalue weighted by atomic mass is 10.1. The molecule has 0 bridgehead atoms. The van der Waals surface area contributed by atoms with E-state index in [9.17, 15) is 4.79 Å². The summed E-state index contributed by atoms with van der Waals surface area (Å²) >= 11 is 0. The number of methoxy groups -OCH3 is 1. The number of nitrogens with two attached hydrogens (primary N) is 1. The van der Waals surface area contributed by atoms with Gasteiger partial charge in [-0.05, 0) is 17.7 Å². The molecule has 0 spiro atoms. The molecular weight excluding hydrogens is 240 g/mol. The third-order valence-electron chi connectivity index (χ3n) is 2.74. The van der Waals surface area contributed by atoms with Crippen LogP contribution >= 0.6 is 0 Å². The Morgan fingerprint density at radius 1 is 1.21 bits per heavy atom. The van der Waals surface area contributed by atoms with Crippen LogP contribution in [0.25, 0.3) is 0 Å². The van der Waals surface area contributed by atoms with Crippen molar-refractivity contribution in [2.75, 3.05) is 18.2 Å². The number of benzene rings is 2. The predicted molar refractivity (Wildman–Crippen MR) is 76.2 cm³/mol. The van der Waals surface area contributed by atoms with Crippen molar-refractivity contribution in [3.8, 4) is 5.75 Å². The molecule has 0 aliphatic carbocycles. The van der Waals surface area contributed by atoms with Gasteiger partial charge < -0.3 is 15.8 Å². The highest BCUT2D eigenvalue weighted by Crippen LogP contribution is 2.24. The first-order valence-corrected chi connectivity index (χ1v) is 5.96. The molecule has 0 fully saturated rings. The Bertz CT molecular complexity index is 568. The van der Waals surface area contributed by atoms with Crippen LogP contribution in [0.2, 0.25) is 0 Å². The van der Waals surface area contributed by atoms with E-state index in [2.05, 4.69) is 5.32 Å². The van der Waals surface area contributed by atoms with Gasteiger partial charge in [0.2, 0.25) is 5.91 Å². The van der Waals surface area contributed by atoms with E-state index in [0.717, 1.165) is 5.56 Å². The zero-order valence-corrected chi connectivity index (χ0v) is 10.7. The monoisotopic (exact) mass is 256 g/mol. The third kappa shape index (κ3) is 3.48. The largest absolute Gasteiger partial charge is 0.497 e. The van der Waals surface area contributed by atoms with Gasteiger partial charge in [-0.25, -0.2) is 0 Å².